The zero-order valence-corrected chi connectivity index (χ0v) is 61.8. The maximum Gasteiger partial charge on any atom is 0.472 e. The average molecular weight is 1350 g/mol. The van der Waals surface area contributed by atoms with Crippen molar-refractivity contribution in [2.75, 3.05) is 39.6 Å². The standard InChI is InChI=1S/C73H142O17P2/c1-8-11-12-13-14-25-32-40-47-54-70(75)83-61-69(90-73(78)57-50-43-36-35-39-46-53-66(7)10-3)63-88-92(81,82)86-59-67(74)58-85-91(79,80)87-62-68(60-84-71(76)55-48-41-33-28-24-23-27-31-38-45-52-65(6)9-2)89-72(77)56-49-42-34-29-22-20-18-16-15-17-19-21-26-30-37-44-51-64(4)5/h64-69,74H,8-63H2,1-7H3,(H,79,80)(H,81,82)/t65?,66?,67-,68-,69-/m1/s1. The van der Waals surface area contributed by atoms with E-state index in [9.17, 15) is 43.2 Å². The first kappa shape index (κ1) is 90.1. The van der Waals surface area contributed by atoms with Crippen molar-refractivity contribution in [2.24, 2.45) is 17.8 Å². The van der Waals surface area contributed by atoms with Crippen LogP contribution in [-0.2, 0) is 65.4 Å². The summed E-state index contributed by atoms with van der Waals surface area (Å²) >= 11 is 0. The first-order valence-electron chi connectivity index (χ1n) is 37.9. The molecule has 0 spiro atoms. The minimum atomic E-state index is -4.96. The third-order valence-electron chi connectivity index (χ3n) is 17.6. The third-order valence-corrected chi connectivity index (χ3v) is 19.5. The minimum Gasteiger partial charge on any atom is -0.462 e. The Morgan fingerprint density at radius 2 is 0.554 bits per heavy atom. The molecule has 546 valence electrons. The Kier molecular flexibility index (Phi) is 62.4. The van der Waals surface area contributed by atoms with Gasteiger partial charge in [0.2, 0.25) is 0 Å². The Balaban J connectivity index is 5.22. The topological polar surface area (TPSA) is 237 Å². The largest absolute Gasteiger partial charge is 0.472 e. The molecule has 0 amide bonds. The van der Waals surface area contributed by atoms with Gasteiger partial charge in [-0.15, -0.1) is 0 Å². The number of hydrogen-bond donors (Lipinski definition) is 3. The molecule has 17 nitrogen and oxygen atoms in total. The van der Waals surface area contributed by atoms with Crippen molar-refractivity contribution in [3.8, 4) is 0 Å². The summed E-state index contributed by atoms with van der Waals surface area (Å²) in [5.74, 6) is 0.213. The summed E-state index contributed by atoms with van der Waals surface area (Å²) in [6.07, 6.45) is 48.6. The summed E-state index contributed by atoms with van der Waals surface area (Å²) in [6, 6.07) is 0. The fourth-order valence-electron chi connectivity index (χ4n) is 11.0. The number of hydrogen-bond acceptors (Lipinski definition) is 15. The number of aliphatic hydroxyl groups excluding tert-OH is 1. The van der Waals surface area contributed by atoms with Crippen LogP contribution in [0, 0.1) is 17.8 Å². The molecule has 0 fully saturated rings. The Labute approximate surface area is 562 Å². The molecule has 0 radical (unpaired) electrons. The first-order chi connectivity index (χ1) is 44.3. The molecule has 0 bridgehead atoms. The van der Waals surface area contributed by atoms with Crippen LogP contribution in [0.25, 0.3) is 0 Å². The van der Waals surface area contributed by atoms with Crippen LogP contribution in [0.2, 0.25) is 0 Å². The van der Waals surface area contributed by atoms with E-state index in [-0.39, 0.29) is 25.7 Å². The smallest absolute Gasteiger partial charge is 0.462 e. The minimum absolute atomic E-state index is 0.103. The second kappa shape index (κ2) is 63.8. The number of unbranched alkanes of at least 4 members (excludes halogenated alkanes) is 37. The van der Waals surface area contributed by atoms with E-state index in [2.05, 4.69) is 48.5 Å². The van der Waals surface area contributed by atoms with Gasteiger partial charge in [0.15, 0.2) is 12.2 Å². The molecule has 0 aliphatic heterocycles. The number of phosphoric acid groups is 2. The van der Waals surface area contributed by atoms with Crippen LogP contribution in [0.1, 0.15) is 370 Å². The fraction of sp³-hybridized carbons (Fsp3) is 0.945. The van der Waals surface area contributed by atoms with Crippen LogP contribution in [-0.4, -0.2) is 96.7 Å². The fourth-order valence-corrected chi connectivity index (χ4v) is 12.6. The monoisotopic (exact) mass is 1350 g/mol. The van der Waals surface area contributed by atoms with Crippen molar-refractivity contribution in [1.82, 2.24) is 0 Å². The highest BCUT2D eigenvalue weighted by atomic mass is 31.2. The van der Waals surface area contributed by atoms with Gasteiger partial charge in [-0.25, -0.2) is 9.13 Å². The molecule has 0 saturated heterocycles. The maximum atomic E-state index is 13.1. The summed E-state index contributed by atoms with van der Waals surface area (Å²) in [5.41, 5.74) is 0. The summed E-state index contributed by atoms with van der Waals surface area (Å²) in [5, 5.41) is 10.6. The lowest BCUT2D eigenvalue weighted by Gasteiger charge is -2.21. The van der Waals surface area contributed by atoms with Gasteiger partial charge in [-0.2, -0.15) is 0 Å². The van der Waals surface area contributed by atoms with Crippen molar-refractivity contribution in [3.05, 3.63) is 0 Å². The molecule has 92 heavy (non-hydrogen) atoms. The van der Waals surface area contributed by atoms with Gasteiger partial charge in [-0.05, 0) is 43.4 Å². The number of carbonyl (C=O) groups excluding carboxylic acids is 4. The predicted octanol–water partition coefficient (Wildman–Crippen LogP) is 21.0. The second-order valence-corrected chi connectivity index (χ2v) is 30.2. The van der Waals surface area contributed by atoms with Gasteiger partial charge in [0.25, 0.3) is 0 Å². The van der Waals surface area contributed by atoms with Crippen LogP contribution in [0.3, 0.4) is 0 Å². The van der Waals surface area contributed by atoms with Crippen LogP contribution in [0.4, 0.5) is 0 Å². The van der Waals surface area contributed by atoms with Gasteiger partial charge < -0.3 is 33.8 Å². The molecule has 0 aliphatic rings. The Morgan fingerprint density at radius 3 is 0.826 bits per heavy atom. The van der Waals surface area contributed by atoms with E-state index in [4.69, 9.17) is 37.0 Å². The molecular weight excluding hydrogens is 1210 g/mol. The van der Waals surface area contributed by atoms with E-state index >= 15 is 0 Å². The molecule has 4 unspecified atom stereocenters. The van der Waals surface area contributed by atoms with Crippen LogP contribution in [0.15, 0.2) is 0 Å². The number of ether oxygens (including phenoxy) is 4. The Bertz CT molecular complexity index is 1810. The number of rotatable bonds is 71. The lowest BCUT2D eigenvalue weighted by atomic mass is 9.99. The number of carbonyl (C=O) groups is 4. The summed E-state index contributed by atoms with van der Waals surface area (Å²) in [6.45, 7) is 11.9. The zero-order chi connectivity index (χ0) is 68.0. The maximum absolute atomic E-state index is 13.1. The second-order valence-electron chi connectivity index (χ2n) is 27.3. The van der Waals surface area contributed by atoms with Gasteiger partial charge in [0.1, 0.15) is 19.3 Å². The van der Waals surface area contributed by atoms with Crippen molar-refractivity contribution in [2.45, 2.75) is 388 Å². The van der Waals surface area contributed by atoms with E-state index in [0.717, 1.165) is 108 Å². The molecule has 0 aromatic carbocycles. The average Bonchev–Trinajstić information content (AvgIpc) is 2.03. The molecule has 7 atom stereocenters. The Morgan fingerprint density at radius 1 is 0.315 bits per heavy atom. The van der Waals surface area contributed by atoms with Crippen molar-refractivity contribution >= 4 is 39.5 Å². The van der Waals surface area contributed by atoms with Gasteiger partial charge >= 0.3 is 39.5 Å². The highest BCUT2D eigenvalue weighted by Crippen LogP contribution is 2.45. The highest BCUT2D eigenvalue weighted by Gasteiger charge is 2.30. The normalized spacial score (nSPS) is 14.7. The van der Waals surface area contributed by atoms with Gasteiger partial charge in [0.05, 0.1) is 26.4 Å². The molecule has 0 saturated carbocycles. The number of aliphatic hydroxyl groups is 1. The van der Waals surface area contributed by atoms with Gasteiger partial charge in [0, 0.05) is 25.7 Å². The van der Waals surface area contributed by atoms with E-state index in [1.807, 2.05) is 0 Å². The van der Waals surface area contributed by atoms with Crippen molar-refractivity contribution < 1.29 is 80.2 Å². The summed E-state index contributed by atoms with van der Waals surface area (Å²) < 4.78 is 68.3. The van der Waals surface area contributed by atoms with E-state index in [1.165, 1.54) is 180 Å². The molecule has 0 aromatic rings. The summed E-state index contributed by atoms with van der Waals surface area (Å²) in [4.78, 5) is 72.6. The molecule has 0 aliphatic carbocycles. The zero-order valence-electron chi connectivity index (χ0n) is 60.0. The SMILES string of the molecule is CCCCCCCCCCCC(=O)OC[C@H](COP(=O)(O)OC[C@H](O)COP(=O)(O)OC[C@@H](COC(=O)CCCCCCCCCCCCC(C)CC)OC(=O)CCCCCCCCCCCCCCCCCCC(C)C)OC(=O)CCCCCCCCC(C)CC. The van der Waals surface area contributed by atoms with E-state index < -0.39 is 97.5 Å². The van der Waals surface area contributed by atoms with Crippen molar-refractivity contribution in [1.29, 1.82) is 0 Å². The molecule has 19 heteroatoms. The third kappa shape index (κ3) is 64.1. The van der Waals surface area contributed by atoms with Gasteiger partial charge in [-0.1, -0.05) is 318 Å². The summed E-state index contributed by atoms with van der Waals surface area (Å²) in [7, 11) is -9.90. The van der Waals surface area contributed by atoms with E-state index in [0.29, 0.717) is 25.7 Å². The van der Waals surface area contributed by atoms with Gasteiger partial charge in [-0.3, -0.25) is 37.3 Å². The molecule has 0 heterocycles. The first-order valence-corrected chi connectivity index (χ1v) is 40.9. The quantitative estimate of drug-likeness (QED) is 0.0222. The van der Waals surface area contributed by atoms with Crippen LogP contribution >= 0.6 is 15.6 Å². The van der Waals surface area contributed by atoms with Crippen LogP contribution < -0.4 is 0 Å². The number of phosphoric ester groups is 2. The number of esters is 4. The molecular formula is C73H142O17P2. The van der Waals surface area contributed by atoms with Crippen LogP contribution in [0.5, 0.6) is 0 Å². The lowest BCUT2D eigenvalue weighted by Crippen LogP contribution is -2.30. The molecule has 0 aromatic heterocycles. The molecule has 0 rings (SSSR count). The van der Waals surface area contributed by atoms with E-state index in [1.54, 1.807) is 0 Å². The predicted molar refractivity (Wildman–Crippen MR) is 372 cm³/mol. The molecule has 3 N–H and O–H groups in total. The Hall–Kier alpha value is -1.94. The highest BCUT2D eigenvalue weighted by molar-refractivity contribution is 7.47. The van der Waals surface area contributed by atoms with Crippen molar-refractivity contribution in [3.63, 3.8) is 0 Å². The lowest BCUT2D eigenvalue weighted by molar-refractivity contribution is -0.161.